The van der Waals surface area contributed by atoms with Gasteiger partial charge in [0.15, 0.2) is 12.3 Å². The lowest BCUT2D eigenvalue weighted by atomic mass is 9.88. The summed E-state index contributed by atoms with van der Waals surface area (Å²) in [5.41, 5.74) is -0.733. The monoisotopic (exact) mass is 273 g/mol. The number of rotatable bonds is 2. The molecule has 18 heavy (non-hydrogen) atoms. The second-order valence-corrected chi connectivity index (χ2v) is 7.93. The highest BCUT2D eigenvalue weighted by Crippen LogP contribution is 2.39. The van der Waals surface area contributed by atoms with Crippen molar-refractivity contribution in [3.05, 3.63) is 21.3 Å². The number of aliphatic hydroxyl groups excluding tert-OH is 2. The Bertz CT molecular complexity index is 415. The van der Waals surface area contributed by atoms with Crippen molar-refractivity contribution >= 4 is 11.3 Å². The summed E-state index contributed by atoms with van der Waals surface area (Å²) < 4.78 is 0.672. The molecule has 0 spiro atoms. The van der Waals surface area contributed by atoms with E-state index in [1.807, 2.05) is 41.5 Å². The van der Waals surface area contributed by atoms with Crippen LogP contribution in [0.2, 0.25) is 0 Å². The number of nitrogens with zero attached hydrogens (tertiary/aromatic N) is 1. The molecule has 0 amide bonds. The summed E-state index contributed by atoms with van der Waals surface area (Å²) in [6.45, 7) is 11.3. The fourth-order valence-corrected chi connectivity index (χ4v) is 2.93. The van der Waals surface area contributed by atoms with Crippen LogP contribution in [0.1, 0.15) is 63.6 Å². The number of hydrogen-bond donors (Lipinski definition) is 2. The van der Waals surface area contributed by atoms with Crippen molar-refractivity contribution in [3.8, 4) is 0 Å². The van der Waals surface area contributed by atoms with Crippen LogP contribution in [-0.4, -0.2) is 10.2 Å². The van der Waals surface area contributed by atoms with Gasteiger partial charge >= 0.3 is 0 Å². The van der Waals surface area contributed by atoms with Gasteiger partial charge in [-0.1, -0.05) is 52.9 Å². The maximum Gasteiger partial charge on any atom is 0.278 e. The molecule has 1 heterocycles. The molecule has 0 radical (unpaired) electrons. The quantitative estimate of drug-likeness (QED) is 0.643. The minimum absolute atomic E-state index is 0.332. The first-order chi connectivity index (χ1) is 7.94. The maximum atomic E-state index is 11.8. The molecule has 0 saturated heterocycles. The Morgan fingerprint density at radius 1 is 1.06 bits per heavy atom. The summed E-state index contributed by atoms with van der Waals surface area (Å²) in [5.74, 6) is 0. The fraction of sp³-hybridized carbons (Fsp3) is 0.769. The molecule has 2 atom stereocenters. The Morgan fingerprint density at radius 2 is 1.50 bits per heavy atom. The van der Waals surface area contributed by atoms with Gasteiger partial charge < -0.3 is 15.4 Å². The van der Waals surface area contributed by atoms with Crippen molar-refractivity contribution < 1.29 is 14.9 Å². The molecule has 0 aliphatic carbocycles. The molecule has 0 fully saturated rings. The zero-order chi connectivity index (χ0) is 14.3. The number of thiazole rings is 1. The number of hydrogen-bond acceptors (Lipinski definition) is 4. The van der Waals surface area contributed by atoms with Crippen LogP contribution in [0, 0.1) is 16.0 Å². The number of aromatic nitrogens is 1. The third-order valence-electron chi connectivity index (χ3n) is 2.83. The molecule has 2 N–H and O–H groups in total. The van der Waals surface area contributed by atoms with E-state index < -0.39 is 17.6 Å². The molecule has 1 aromatic rings. The molecule has 1 rings (SSSR count). The largest absolute Gasteiger partial charge is 0.618 e. The van der Waals surface area contributed by atoms with Crippen molar-refractivity contribution in [2.75, 3.05) is 0 Å². The molecular formula is C13H23NO3S. The third kappa shape index (κ3) is 3.22. The molecule has 104 valence electrons. The van der Waals surface area contributed by atoms with E-state index in [4.69, 9.17) is 0 Å². The molecule has 0 saturated carbocycles. The molecule has 0 bridgehead atoms. The highest BCUT2D eigenvalue weighted by atomic mass is 32.1. The van der Waals surface area contributed by atoms with Gasteiger partial charge in [0.25, 0.3) is 5.01 Å². The van der Waals surface area contributed by atoms with E-state index in [0.29, 0.717) is 14.6 Å². The fourth-order valence-electron chi connectivity index (χ4n) is 1.47. The average Bonchev–Trinajstić information content (AvgIpc) is 2.55. The predicted octanol–water partition coefficient (Wildman–Crippen LogP) is 2.54. The molecule has 2 unspecified atom stereocenters. The lowest BCUT2D eigenvalue weighted by Gasteiger charge is -2.23. The van der Waals surface area contributed by atoms with Crippen LogP contribution >= 0.6 is 11.3 Å². The highest BCUT2D eigenvalue weighted by molar-refractivity contribution is 7.11. The first-order valence-corrected chi connectivity index (χ1v) is 6.85. The summed E-state index contributed by atoms with van der Waals surface area (Å²) in [6.07, 6.45) is -0.172. The molecule has 1 aromatic heterocycles. The van der Waals surface area contributed by atoms with Crippen molar-refractivity contribution in [1.82, 2.24) is 0 Å². The van der Waals surface area contributed by atoms with E-state index in [9.17, 15) is 15.4 Å². The van der Waals surface area contributed by atoms with E-state index >= 15 is 0 Å². The van der Waals surface area contributed by atoms with Gasteiger partial charge in [0, 0.05) is 0 Å². The topological polar surface area (TPSA) is 67.4 Å². The van der Waals surface area contributed by atoms with Gasteiger partial charge in [0.05, 0.1) is 6.10 Å². The first-order valence-electron chi connectivity index (χ1n) is 6.03. The van der Waals surface area contributed by atoms with Gasteiger partial charge in [-0.05, 0) is 10.8 Å². The summed E-state index contributed by atoms with van der Waals surface area (Å²) in [6, 6.07) is 0. The number of aliphatic hydroxyl groups is 2. The molecule has 0 aromatic carbocycles. The van der Waals surface area contributed by atoms with Crippen LogP contribution in [0.4, 0.5) is 0 Å². The van der Waals surface area contributed by atoms with Gasteiger partial charge in [0.2, 0.25) is 0 Å². The van der Waals surface area contributed by atoms with Gasteiger partial charge in [0.1, 0.15) is 4.88 Å². The standard InChI is InChI=1S/C13H23NO3S/c1-12(2,3)9(15)8-7-14(17)11(18-8)10(16)13(4,5)6/h7,9-10,15-16H,1-6H3. The smallest absolute Gasteiger partial charge is 0.278 e. The molecule has 0 aliphatic heterocycles. The van der Waals surface area contributed by atoms with Crippen molar-refractivity contribution in [2.45, 2.75) is 53.8 Å². The third-order valence-corrected chi connectivity index (χ3v) is 4.00. The van der Waals surface area contributed by atoms with E-state index in [1.165, 1.54) is 17.5 Å². The molecule has 0 aliphatic rings. The van der Waals surface area contributed by atoms with Crippen LogP contribution in [0.3, 0.4) is 0 Å². The van der Waals surface area contributed by atoms with Crippen molar-refractivity contribution in [1.29, 1.82) is 0 Å². The Balaban J connectivity index is 3.10. The van der Waals surface area contributed by atoms with Crippen LogP contribution in [0.5, 0.6) is 0 Å². The van der Waals surface area contributed by atoms with E-state index in [0.717, 1.165) is 0 Å². The van der Waals surface area contributed by atoms with Crippen molar-refractivity contribution in [3.63, 3.8) is 0 Å². The second kappa shape index (κ2) is 4.79. The lowest BCUT2D eigenvalue weighted by Crippen LogP contribution is -2.33. The Morgan fingerprint density at radius 3 is 1.89 bits per heavy atom. The van der Waals surface area contributed by atoms with Crippen LogP contribution < -0.4 is 4.73 Å². The summed E-state index contributed by atoms with van der Waals surface area (Å²) in [5, 5.41) is 32.4. The van der Waals surface area contributed by atoms with Gasteiger partial charge in [-0.15, -0.1) is 0 Å². The first kappa shape index (κ1) is 15.4. The lowest BCUT2D eigenvalue weighted by molar-refractivity contribution is -0.614. The SMILES string of the molecule is CC(C)(C)C(O)c1c[n+]([O-])c(C(O)C(C)(C)C)s1. The van der Waals surface area contributed by atoms with Crippen LogP contribution in [0.25, 0.3) is 0 Å². The minimum atomic E-state index is -0.832. The summed E-state index contributed by atoms with van der Waals surface area (Å²) in [7, 11) is 0. The Labute approximate surface area is 112 Å². The van der Waals surface area contributed by atoms with Crippen LogP contribution in [0.15, 0.2) is 6.20 Å². The average molecular weight is 273 g/mol. The second-order valence-electron chi connectivity index (χ2n) is 6.83. The van der Waals surface area contributed by atoms with Crippen molar-refractivity contribution in [2.24, 2.45) is 10.8 Å². The summed E-state index contributed by atoms with van der Waals surface area (Å²) >= 11 is 1.18. The van der Waals surface area contributed by atoms with Gasteiger partial charge in [-0.3, -0.25) is 0 Å². The molecule has 4 nitrogen and oxygen atoms in total. The minimum Gasteiger partial charge on any atom is -0.618 e. The Kier molecular flexibility index (Phi) is 4.10. The van der Waals surface area contributed by atoms with E-state index in [2.05, 4.69) is 0 Å². The maximum absolute atomic E-state index is 11.8. The molecule has 5 heteroatoms. The Hall–Kier alpha value is -0.650. The van der Waals surface area contributed by atoms with Gasteiger partial charge in [-0.25, -0.2) is 0 Å². The van der Waals surface area contributed by atoms with Crippen LogP contribution in [-0.2, 0) is 0 Å². The molecular weight excluding hydrogens is 250 g/mol. The van der Waals surface area contributed by atoms with E-state index in [1.54, 1.807) is 0 Å². The highest BCUT2D eigenvalue weighted by Gasteiger charge is 2.35. The zero-order valence-electron chi connectivity index (χ0n) is 11.9. The normalized spacial score (nSPS) is 16.7. The predicted molar refractivity (Wildman–Crippen MR) is 72.1 cm³/mol. The van der Waals surface area contributed by atoms with E-state index in [-0.39, 0.29) is 5.41 Å². The van der Waals surface area contributed by atoms with Gasteiger partial charge in [-0.2, -0.15) is 4.73 Å². The zero-order valence-corrected chi connectivity index (χ0v) is 12.7. The summed E-state index contributed by atoms with van der Waals surface area (Å²) in [4.78, 5) is 0.593.